The Bertz CT molecular complexity index is 634. The van der Waals surface area contributed by atoms with Gasteiger partial charge >= 0.3 is 6.09 Å². The highest BCUT2D eigenvalue weighted by Gasteiger charge is 2.28. The quantitative estimate of drug-likeness (QED) is 0.466. The van der Waals surface area contributed by atoms with E-state index in [-0.39, 0.29) is 24.3 Å². The number of rotatable bonds is 12. The van der Waals surface area contributed by atoms with E-state index in [0.717, 1.165) is 24.8 Å². The predicted molar refractivity (Wildman–Crippen MR) is 113 cm³/mol. The Hall–Kier alpha value is -2.57. The van der Waals surface area contributed by atoms with Crippen LogP contribution in [0, 0.1) is 5.92 Å². The minimum atomic E-state index is -0.791. The summed E-state index contributed by atoms with van der Waals surface area (Å²) in [5.74, 6) is -0.742. The van der Waals surface area contributed by atoms with Crippen LogP contribution in [0.2, 0.25) is 0 Å². The predicted octanol–water partition coefficient (Wildman–Crippen LogP) is 3.14. The molecule has 0 aliphatic rings. The van der Waals surface area contributed by atoms with E-state index in [2.05, 4.69) is 16.0 Å². The molecule has 0 aliphatic carbocycles. The van der Waals surface area contributed by atoms with Crippen LogP contribution in [0.25, 0.3) is 0 Å². The first-order valence-electron chi connectivity index (χ1n) is 10.4. The van der Waals surface area contributed by atoms with Crippen molar-refractivity contribution in [1.29, 1.82) is 0 Å². The monoisotopic (exact) mass is 405 g/mol. The lowest BCUT2D eigenvalue weighted by Gasteiger charge is -2.25. The van der Waals surface area contributed by atoms with Crippen LogP contribution in [0.4, 0.5) is 4.79 Å². The first-order valence-corrected chi connectivity index (χ1v) is 10.4. The van der Waals surface area contributed by atoms with Crippen molar-refractivity contribution in [2.45, 2.75) is 72.1 Å². The van der Waals surface area contributed by atoms with Crippen molar-refractivity contribution in [1.82, 2.24) is 16.0 Å². The average molecular weight is 406 g/mol. The topological polar surface area (TPSA) is 96.5 Å². The van der Waals surface area contributed by atoms with Gasteiger partial charge in [-0.05, 0) is 24.3 Å². The smallest absolute Gasteiger partial charge is 0.408 e. The summed E-state index contributed by atoms with van der Waals surface area (Å²) in [5, 5.41) is 8.26. The third kappa shape index (κ3) is 9.45. The van der Waals surface area contributed by atoms with Crippen LogP contribution < -0.4 is 16.0 Å². The van der Waals surface area contributed by atoms with Gasteiger partial charge in [-0.1, -0.05) is 70.9 Å². The number of benzene rings is 1. The summed E-state index contributed by atoms with van der Waals surface area (Å²) in [4.78, 5) is 37.3. The molecule has 0 spiro atoms. The van der Waals surface area contributed by atoms with Gasteiger partial charge in [0, 0.05) is 6.54 Å². The van der Waals surface area contributed by atoms with Gasteiger partial charge in [-0.25, -0.2) is 4.79 Å². The first-order chi connectivity index (χ1) is 13.9. The van der Waals surface area contributed by atoms with E-state index >= 15 is 0 Å². The highest BCUT2D eigenvalue weighted by atomic mass is 16.5. The van der Waals surface area contributed by atoms with E-state index in [0.29, 0.717) is 13.0 Å². The van der Waals surface area contributed by atoms with E-state index in [9.17, 15) is 14.4 Å². The highest BCUT2D eigenvalue weighted by molar-refractivity contribution is 5.91. The molecule has 0 bridgehead atoms. The number of ether oxygens (including phenoxy) is 1. The Labute approximate surface area is 174 Å². The third-order valence-corrected chi connectivity index (χ3v) is 4.48. The minimum absolute atomic E-state index is 0.122. The fraction of sp³-hybridized carbons (Fsp3) is 0.591. The molecule has 0 aliphatic heterocycles. The Morgan fingerprint density at radius 2 is 1.66 bits per heavy atom. The van der Waals surface area contributed by atoms with Crippen molar-refractivity contribution in [3.63, 3.8) is 0 Å². The number of nitrogens with one attached hydrogen (secondary N) is 3. The molecular weight excluding hydrogens is 370 g/mol. The van der Waals surface area contributed by atoms with Gasteiger partial charge in [-0.15, -0.1) is 0 Å². The zero-order valence-electron chi connectivity index (χ0n) is 18.0. The van der Waals surface area contributed by atoms with Crippen molar-refractivity contribution in [3.05, 3.63) is 35.9 Å². The Morgan fingerprint density at radius 3 is 2.24 bits per heavy atom. The molecule has 3 N–H and O–H groups in total. The molecule has 0 saturated heterocycles. The molecular formula is C22H35N3O4. The molecule has 1 rings (SSSR count). The Balaban J connectivity index is 2.63. The van der Waals surface area contributed by atoms with E-state index in [1.165, 1.54) is 0 Å². The molecule has 0 fully saturated rings. The van der Waals surface area contributed by atoms with Gasteiger partial charge in [0.05, 0.1) is 0 Å². The molecule has 7 nitrogen and oxygen atoms in total. The number of unbranched alkanes of at least 4 members (excludes halogenated alkanes) is 1. The third-order valence-electron chi connectivity index (χ3n) is 4.48. The second kappa shape index (κ2) is 13.6. The van der Waals surface area contributed by atoms with Crippen LogP contribution in [0.5, 0.6) is 0 Å². The number of alkyl carbamates (subject to hydrolysis) is 1. The lowest BCUT2D eigenvalue weighted by atomic mass is 10.0. The zero-order valence-corrected chi connectivity index (χ0v) is 18.0. The number of carbonyl (C=O) groups excluding carboxylic acids is 3. The molecule has 162 valence electrons. The number of carbonyl (C=O) groups is 3. The molecule has 7 heteroatoms. The molecule has 1 aromatic carbocycles. The van der Waals surface area contributed by atoms with Crippen LogP contribution in [0.1, 0.15) is 58.9 Å². The largest absolute Gasteiger partial charge is 0.445 e. The highest BCUT2D eigenvalue weighted by Crippen LogP contribution is 2.06. The fourth-order valence-corrected chi connectivity index (χ4v) is 2.76. The van der Waals surface area contributed by atoms with Gasteiger partial charge in [0.2, 0.25) is 11.8 Å². The van der Waals surface area contributed by atoms with Gasteiger partial charge in [-0.2, -0.15) is 0 Å². The van der Waals surface area contributed by atoms with Gasteiger partial charge in [-0.3, -0.25) is 9.59 Å². The van der Waals surface area contributed by atoms with Crippen LogP contribution in [0.3, 0.4) is 0 Å². The maximum atomic E-state index is 12.8. The van der Waals surface area contributed by atoms with Crippen LogP contribution in [-0.2, 0) is 20.9 Å². The molecule has 0 radical (unpaired) electrons. The summed E-state index contributed by atoms with van der Waals surface area (Å²) in [6.07, 6.45) is 2.50. The van der Waals surface area contributed by atoms with Crippen molar-refractivity contribution in [3.8, 4) is 0 Å². The van der Waals surface area contributed by atoms with Gasteiger partial charge in [0.25, 0.3) is 0 Å². The lowest BCUT2D eigenvalue weighted by Crippen LogP contribution is -2.55. The standard InChI is InChI=1S/C22H35N3O4/c1-5-7-14-23-20(26)18(11-6-2)24-21(27)19(16(3)4)25-22(28)29-15-17-12-9-8-10-13-17/h8-10,12-13,16,18-19H,5-7,11,14-15H2,1-4H3,(H,23,26)(H,24,27)(H,25,28)/t18-,19-/m0/s1. The number of amides is 3. The number of hydrogen-bond donors (Lipinski definition) is 3. The van der Waals surface area contributed by atoms with E-state index in [1.807, 2.05) is 58.0 Å². The van der Waals surface area contributed by atoms with Gasteiger partial charge in [0.1, 0.15) is 18.7 Å². The van der Waals surface area contributed by atoms with Crippen molar-refractivity contribution >= 4 is 17.9 Å². The summed E-state index contributed by atoms with van der Waals surface area (Å²) in [7, 11) is 0. The summed E-state index contributed by atoms with van der Waals surface area (Å²) < 4.78 is 5.21. The normalized spacial score (nSPS) is 12.7. The molecule has 0 unspecified atom stereocenters. The average Bonchev–Trinajstić information content (AvgIpc) is 2.70. The Kier molecular flexibility index (Phi) is 11.5. The van der Waals surface area contributed by atoms with E-state index < -0.39 is 18.2 Å². The maximum absolute atomic E-state index is 12.8. The summed E-state index contributed by atoms with van der Waals surface area (Å²) in [6.45, 7) is 8.38. The van der Waals surface area contributed by atoms with E-state index in [4.69, 9.17) is 4.74 Å². The second-order valence-corrected chi connectivity index (χ2v) is 7.42. The summed E-state index contributed by atoms with van der Waals surface area (Å²) in [6, 6.07) is 7.90. The molecule has 3 amide bonds. The van der Waals surface area contributed by atoms with E-state index in [1.54, 1.807) is 0 Å². The summed E-state index contributed by atoms with van der Waals surface area (Å²) in [5.41, 5.74) is 0.861. The zero-order chi connectivity index (χ0) is 21.6. The first kappa shape index (κ1) is 24.5. The fourth-order valence-electron chi connectivity index (χ4n) is 2.76. The summed E-state index contributed by atoms with van der Waals surface area (Å²) >= 11 is 0. The lowest BCUT2D eigenvalue weighted by molar-refractivity contribution is -0.130. The van der Waals surface area contributed by atoms with Gasteiger partial charge in [0.15, 0.2) is 0 Å². The molecule has 1 aromatic rings. The van der Waals surface area contributed by atoms with Crippen molar-refractivity contribution in [2.24, 2.45) is 5.92 Å². The Morgan fingerprint density at radius 1 is 0.966 bits per heavy atom. The van der Waals surface area contributed by atoms with Crippen molar-refractivity contribution < 1.29 is 19.1 Å². The molecule has 2 atom stereocenters. The number of hydrogen-bond acceptors (Lipinski definition) is 4. The SMILES string of the molecule is CCCCNC(=O)[C@H](CCC)NC(=O)[C@@H](NC(=O)OCc1ccccc1)C(C)C. The molecule has 0 heterocycles. The van der Waals surface area contributed by atoms with Crippen molar-refractivity contribution in [2.75, 3.05) is 6.54 Å². The molecule has 0 saturated carbocycles. The van der Waals surface area contributed by atoms with Crippen LogP contribution in [0.15, 0.2) is 30.3 Å². The second-order valence-electron chi connectivity index (χ2n) is 7.42. The minimum Gasteiger partial charge on any atom is -0.445 e. The van der Waals surface area contributed by atoms with Crippen LogP contribution >= 0.6 is 0 Å². The maximum Gasteiger partial charge on any atom is 0.408 e. The molecule has 0 aromatic heterocycles. The van der Waals surface area contributed by atoms with Crippen LogP contribution in [-0.4, -0.2) is 36.5 Å². The molecule has 29 heavy (non-hydrogen) atoms. The van der Waals surface area contributed by atoms with Gasteiger partial charge < -0.3 is 20.7 Å².